The molecule has 3 rings (SSSR count). The van der Waals surface area contributed by atoms with Crippen molar-refractivity contribution in [2.45, 2.75) is 38.2 Å². The van der Waals surface area contributed by atoms with Crippen LogP contribution in [0.25, 0.3) is 0 Å². The van der Waals surface area contributed by atoms with Crippen LogP contribution in [0.1, 0.15) is 31.5 Å². The first-order valence-electron chi connectivity index (χ1n) is 7.33. The van der Waals surface area contributed by atoms with Gasteiger partial charge in [-0.3, -0.25) is 5.10 Å². The normalized spacial score (nSPS) is 25.1. The predicted molar refractivity (Wildman–Crippen MR) is 73.1 cm³/mol. The molecule has 3 N–H and O–H groups in total. The van der Waals surface area contributed by atoms with Crippen molar-refractivity contribution >= 4 is 5.95 Å². The Labute approximate surface area is 113 Å². The van der Waals surface area contributed by atoms with E-state index in [1.165, 1.54) is 0 Å². The molecule has 0 saturated carbocycles. The molecule has 6 nitrogen and oxygen atoms in total. The van der Waals surface area contributed by atoms with Gasteiger partial charge in [-0.2, -0.15) is 4.98 Å². The Morgan fingerprint density at radius 1 is 1.32 bits per heavy atom. The fourth-order valence-corrected chi connectivity index (χ4v) is 2.91. The first-order chi connectivity index (χ1) is 9.35. The minimum atomic E-state index is 0.323. The topological polar surface area (TPSA) is 80.1 Å². The van der Waals surface area contributed by atoms with E-state index in [2.05, 4.69) is 20.1 Å². The molecule has 2 fully saturated rings. The fraction of sp³-hybridized carbons (Fsp3) is 0.846. The minimum absolute atomic E-state index is 0.323. The summed E-state index contributed by atoms with van der Waals surface area (Å²) in [6, 6.07) is 0. The van der Waals surface area contributed by atoms with E-state index < -0.39 is 0 Å². The molecule has 2 saturated heterocycles. The molecule has 0 spiro atoms. The zero-order chi connectivity index (χ0) is 13.1. The number of aromatic amines is 1. The highest BCUT2D eigenvalue weighted by molar-refractivity contribution is 5.29. The molecule has 1 atom stereocenters. The number of ether oxygens (including phenoxy) is 1. The van der Waals surface area contributed by atoms with Crippen molar-refractivity contribution in [1.29, 1.82) is 0 Å². The number of nitrogens with one attached hydrogen (secondary N) is 1. The second-order valence-corrected chi connectivity index (χ2v) is 5.59. The van der Waals surface area contributed by atoms with Gasteiger partial charge in [0, 0.05) is 26.1 Å². The van der Waals surface area contributed by atoms with E-state index in [9.17, 15) is 0 Å². The number of anilines is 1. The average molecular weight is 265 g/mol. The maximum absolute atomic E-state index is 5.71. The van der Waals surface area contributed by atoms with Gasteiger partial charge in [-0.05, 0) is 38.1 Å². The lowest BCUT2D eigenvalue weighted by Gasteiger charge is -2.30. The Morgan fingerprint density at radius 2 is 2.16 bits per heavy atom. The average Bonchev–Trinajstić information content (AvgIpc) is 3.11. The Morgan fingerprint density at radius 3 is 2.84 bits per heavy atom. The molecule has 0 aliphatic carbocycles. The fourth-order valence-electron chi connectivity index (χ4n) is 2.91. The summed E-state index contributed by atoms with van der Waals surface area (Å²) in [7, 11) is 0. The van der Waals surface area contributed by atoms with Gasteiger partial charge in [0.05, 0.1) is 6.10 Å². The molecule has 0 amide bonds. The number of nitrogens with zero attached hydrogens (tertiary/aromatic N) is 3. The Bertz CT molecular complexity index is 393. The molecule has 0 aromatic carbocycles. The SMILES string of the molecule is NCC1CCN(c2n[nH]c(CC3CCCO3)n2)CC1. The van der Waals surface area contributed by atoms with Crippen molar-refractivity contribution in [3.63, 3.8) is 0 Å². The monoisotopic (exact) mass is 265 g/mol. The van der Waals surface area contributed by atoms with E-state index in [0.29, 0.717) is 12.0 Å². The third-order valence-electron chi connectivity index (χ3n) is 4.20. The van der Waals surface area contributed by atoms with Crippen LogP contribution >= 0.6 is 0 Å². The van der Waals surface area contributed by atoms with Gasteiger partial charge in [0.15, 0.2) is 0 Å². The molecule has 19 heavy (non-hydrogen) atoms. The van der Waals surface area contributed by atoms with E-state index in [-0.39, 0.29) is 0 Å². The van der Waals surface area contributed by atoms with Crippen LogP contribution in [-0.4, -0.2) is 47.5 Å². The molecule has 1 unspecified atom stereocenters. The second kappa shape index (κ2) is 5.88. The van der Waals surface area contributed by atoms with Gasteiger partial charge >= 0.3 is 0 Å². The number of aromatic nitrogens is 3. The van der Waals surface area contributed by atoms with E-state index in [1.807, 2.05) is 0 Å². The van der Waals surface area contributed by atoms with Crippen molar-refractivity contribution < 1.29 is 4.74 Å². The summed E-state index contributed by atoms with van der Waals surface area (Å²) < 4.78 is 5.62. The lowest BCUT2D eigenvalue weighted by molar-refractivity contribution is 0.110. The number of nitrogens with two attached hydrogens (primary N) is 1. The van der Waals surface area contributed by atoms with Crippen LogP contribution in [0.3, 0.4) is 0 Å². The molecule has 3 heterocycles. The summed E-state index contributed by atoms with van der Waals surface area (Å²) in [6.07, 6.45) is 5.77. The molecular weight excluding hydrogens is 242 g/mol. The van der Waals surface area contributed by atoms with Gasteiger partial charge in [-0.15, -0.1) is 5.10 Å². The minimum Gasteiger partial charge on any atom is -0.378 e. The van der Waals surface area contributed by atoms with Crippen LogP contribution in [0, 0.1) is 5.92 Å². The highest BCUT2D eigenvalue weighted by Crippen LogP contribution is 2.21. The number of rotatable bonds is 4. The predicted octanol–water partition coefficient (Wildman–Crippen LogP) is 0.701. The van der Waals surface area contributed by atoms with Crippen LogP contribution in [0.4, 0.5) is 5.95 Å². The number of piperidine rings is 1. The van der Waals surface area contributed by atoms with Crippen molar-refractivity contribution in [2.24, 2.45) is 11.7 Å². The highest BCUT2D eigenvalue weighted by atomic mass is 16.5. The van der Waals surface area contributed by atoms with E-state index in [0.717, 1.165) is 70.1 Å². The maximum Gasteiger partial charge on any atom is 0.244 e. The van der Waals surface area contributed by atoms with E-state index in [4.69, 9.17) is 10.5 Å². The van der Waals surface area contributed by atoms with E-state index in [1.54, 1.807) is 0 Å². The van der Waals surface area contributed by atoms with E-state index >= 15 is 0 Å². The zero-order valence-corrected chi connectivity index (χ0v) is 11.3. The molecule has 0 radical (unpaired) electrons. The van der Waals surface area contributed by atoms with Crippen molar-refractivity contribution in [2.75, 3.05) is 31.1 Å². The summed E-state index contributed by atoms with van der Waals surface area (Å²) in [6.45, 7) is 3.71. The summed E-state index contributed by atoms with van der Waals surface area (Å²) in [4.78, 5) is 6.85. The second-order valence-electron chi connectivity index (χ2n) is 5.59. The number of H-pyrrole nitrogens is 1. The molecule has 106 valence electrons. The molecule has 2 aliphatic heterocycles. The number of hydrogen-bond acceptors (Lipinski definition) is 5. The highest BCUT2D eigenvalue weighted by Gasteiger charge is 2.22. The molecule has 2 aliphatic rings. The lowest BCUT2D eigenvalue weighted by atomic mass is 9.97. The van der Waals surface area contributed by atoms with Gasteiger partial charge in [-0.25, -0.2) is 0 Å². The van der Waals surface area contributed by atoms with Crippen LogP contribution in [0.5, 0.6) is 0 Å². The van der Waals surface area contributed by atoms with Crippen molar-refractivity contribution in [3.05, 3.63) is 5.82 Å². The largest absolute Gasteiger partial charge is 0.378 e. The van der Waals surface area contributed by atoms with Gasteiger partial charge < -0.3 is 15.4 Å². The summed E-state index contributed by atoms with van der Waals surface area (Å²) in [5.41, 5.74) is 5.71. The molecule has 1 aromatic heterocycles. The van der Waals surface area contributed by atoms with Crippen molar-refractivity contribution in [3.8, 4) is 0 Å². The summed E-state index contributed by atoms with van der Waals surface area (Å²) >= 11 is 0. The molecule has 0 bridgehead atoms. The van der Waals surface area contributed by atoms with Crippen LogP contribution in [-0.2, 0) is 11.2 Å². The Hall–Kier alpha value is -1.14. The molecular formula is C13H23N5O. The van der Waals surface area contributed by atoms with Gasteiger partial charge in [-0.1, -0.05) is 0 Å². The zero-order valence-electron chi connectivity index (χ0n) is 11.3. The van der Waals surface area contributed by atoms with Gasteiger partial charge in [0.2, 0.25) is 5.95 Å². The quantitative estimate of drug-likeness (QED) is 0.837. The van der Waals surface area contributed by atoms with Crippen LogP contribution in [0.15, 0.2) is 0 Å². The third kappa shape index (κ3) is 3.06. The first kappa shape index (κ1) is 12.9. The van der Waals surface area contributed by atoms with Crippen LogP contribution < -0.4 is 10.6 Å². The lowest BCUT2D eigenvalue weighted by Crippen LogP contribution is -2.36. The standard InChI is InChI=1S/C13H23N5O/c14-9-10-3-5-18(6-4-10)13-15-12(16-17-13)8-11-2-1-7-19-11/h10-11H,1-9,14H2,(H,15,16,17). The summed E-state index contributed by atoms with van der Waals surface area (Å²) in [5.74, 6) is 2.45. The number of hydrogen-bond donors (Lipinski definition) is 2. The van der Waals surface area contributed by atoms with Gasteiger partial charge in [0.25, 0.3) is 0 Å². The third-order valence-corrected chi connectivity index (χ3v) is 4.20. The molecule has 6 heteroatoms. The smallest absolute Gasteiger partial charge is 0.244 e. The summed E-state index contributed by atoms with van der Waals surface area (Å²) in [5, 5.41) is 7.38. The van der Waals surface area contributed by atoms with Gasteiger partial charge in [0.1, 0.15) is 5.82 Å². The van der Waals surface area contributed by atoms with Crippen molar-refractivity contribution in [1.82, 2.24) is 15.2 Å². The first-order valence-corrected chi connectivity index (χ1v) is 7.33. The van der Waals surface area contributed by atoms with Crippen LogP contribution in [0.2, 0.25) is 0 Å². The Kier molecular flexibility index (Phi) is 3.98. The molecule has 1 aromatic rings. The Balaban J connectivity index is 1.55. The maximum atomic E-state index is 5.71.